The molecule has 2 aliphatic rings. The lowest BCUT2D eigenvalue weighted by Gasteiger charge is -2.24. The van der Waals surface area contributed by atoms with Crippen LogP contribution in [0.5, 0.6) is 11.5 Å². The molecule has 1 atom stereocenters. The SMILES string of the molecule is CCOc1ccc(OCC)c(NC(=O)C2CC(=O)N(C3CCCC3)C2)c1. The van der Waals surface area contributed by atoms with Gasteiger partial charge in [0.25, 0.3) is 0 Å². The molecule has 1 aromatic carbocycles. The molecule has 2 fully saturated rings. The van der Waals surface area contributed by atoms with Crippen LogP contribution in [0.15, 0.2) is 18.2 Å². The van der Waals surface area contributed by atoms with Gasteiger partial charge in [0.1, 0.15) is 11.5 Å². The number of carbonyl (C=O) groups is 2. The minimum atomic E-state index is -0.312. The van der Waals surface area contributed by atoms with Crippen molar-refractivity contribution in [2.24, 2.45) is 5.92 Å². The number of rotatable bonds is 7. The number of hydrogen-bond donors (Lipinski definition) is 1. The summed E-state index contributed by atoms with van der Waals surface area (Å²) in [6.07, 6.45) is 4.76. The van der Waals surface area contributed by atoms with Crippen molar-refractivity contribution < 1.29 is 19.1 Å². The van der Waals surface area contributed by atoms with E-state index in [2.05, 4.69) is 5.32 Å². The van der Waals surface area contributed by atoms with Gasteiger partial charge in [-0.1, -0.05) is 12.8 Å². The first-order valence-electron chi connectivity index (χ1n) is 9.62. The third-order valence-electron chi connectivity index (χ3n) is 5.11. The van der Waals surface area contributed by atoms with Crippen molar-refractivity contribution in [1.82, 2.24) is 4.90 Å². The molecule has 3 rings (SSSR count). The Balaban J connectivity index is 1.69. The van der Waals surface area contributed by atoms with Crippen molar-refractivity contribution in [3.05, 3.63) is 18.2 Å². The molecular weight excluding hydrogens is 332 g/mol. The van der Waals surface area contributed by atoms with Gasteiger partial charge in [-0.05, 0) is 38.8 Å². The van der Waals surface area contributed by atoms with E-state index in [0.717, 1.165) is 12.8 Å². The lowest BCUT2D eigenvalue weighted by Crippen LogP contribution is -2.35. The fourth-order valence-corrected chi connectivity index (χ4v) is 3.86. The highest BCUT2D eigenvalue weighted by Crippen LogP contribution is 2.32. The molecule has 142 valence electrons. The smallest absolute Gasteiger partial charge is 0.229 e. The van der Waals surface area contributed by atoms with Gasteiger partial charge in [0.15, 0.2) is 0 Å². The molecule has 6 heteroatoms. The third kappa shape index (κ3) is 4.11. The summed E-state index contributed by atoms with van der Waals surface area (Å²) in [6, 6.07) is 5.72. The summed E-state index contributed by atoms with van der Waals surface area (Å²) in [7, 11) is 0. The van der Waals surface area contributed by atoms with Gasteiger partial charge in [0.05, 0.1) is 24.8 Å². The molecular formula is C20H28N2O4. The molecule has 1 aliphatic carbocycles. The van der Waals surface area contributed by atoms with Gasteiger partial charge in [-0.15, -0.1) is 0 Å². The van der Waals surface area contributed by atoms with E-state index < -0.39 is 0 Å². The van der Waals surface area contributed by atoms with Gasteiger partial charge in [-0.2, -0.15) is 0 Å². The van der Waals surface area contributed by atoms with Crippen LogP contribution in [0.2, 0.25) is 0 Å². The number of nitrogens with zero attached hydrogens (tertiary/aromatic N) is 1. The Labute approximate surface area is 154 Å². The van der Waals surface area contributed by atoms with E-state index in [1.54, 1.807) is 12.1 Å². The predicted octanol–water partition coefficient (Wildman–Crippen LogP) is 3.21. The maximum atomic E-state index is 12.8. The van der Waals surface area contributed by atoms with E-state index in [1.807, 2.05) is 24.8 Å². The number of hydrogen-bond acceptors (Lipinski definition) is 4. The highest BCUT2D eigenvalue weighted by molar-refractivity contribution is 5.98. The average molecular weight is 360 g/mol. The molecule has 0 radical (unpaired) electrons. The standard InChI is InChI=1S/C20H28N2O4/c1-3-25-16-9-10-18(26-4-2)17(12-16)21-20(24)14-11-19(23)22(13-14)15-7-5-6-8-15/h9-10,12,14-15H,3-8,11,13H2,1-2H3,(H,21,24). The van der Waals surface area contributed by atoms with Crippen LogP contribution in [0, 0.1) is 5.92 Å². The zero-order valence-corrected chi connectivity index (χ0v) is 15.6. The van der Waals surface area contributed by atoms with Gasteiger partial charge >= 0.3 is 0 Å². The first-order valence-corrected chi connectivity index (χ1v) is 9.62. The molecule has 0 aromatic heterocycles. The Morgan fingerprint density at radius 1 is 1.19 bits per heavy atom. The first-order chi connectivity index (χ1) is 12.6. The number of nitrogens with one attached hydrogen (secondary N) is 1. The van der Waals surface area contributed by atoms with E-state index in [-0.39, 0.29) is 24.2 Å². The first kappa shape index (κ1) is 18.5. The van der Waals surface area contributed by atoms with Crippen molar-refractivity contribution in [3.8, 4) is 11.5 Å². The Morgan fingerprint density at radius 3 is 2.62 bits per heavy atom. The summed E-state index contributed by atoms with van der Waals surface area (Å²) in [5.41, 5.74) is 0.592. The van der Waals surface area contributed by atoms with Crippen molar-refractivity contribution >= 4 is 17.5 Å². The summed E-state index contributed by atoms with van der Waals surface area (Å²) in [4.78, 5) is 27.0. The number of amides is 2. The Hall–Kier alpha value is -2.24. The Kier molecular flexibility index (Phi) is 6.01. The Bertz CT molecular complexity index is 655. The topological polar surface area (TPSA) is 67.9 Å². The molecule has 0 bridgehead atoms. The second kappa shape index (κ2) is 8.43. The zero-order valence-electron chi connectivity index (χ0n) is 15.6. The lowest BCUT2D eigenvalue weighted by molar-refractivity contribution is -0.129. The second-order valence-electron chi connectivity index (χ2n) is 6.90. The molecule has 1 saturated carbocycles. The lowest BCUT2D eigenvalue weighted by atomic mass is 10.1. The Morgan fingerprint density at radius 2 is 1.92 bits per heavy atom. The summed E-state index contributed by atoms with van der Waals surface area (Å²) in [5, 5.41) is 2.94. The molecule has 1 heterocycles. The van der Waals surface area contributed by atoms with Crippen LogP contribution in [0.4, 0.5) is 5.69 Å². The molecule has 2 amide bonds. The van der Waals surface area contributed by atoms with Gasteiger partial charge < -0.3 is 19.7 Å². The van der Waals surface area contributed by atoms with Gasteiger partial charge in [-0.25, -0.2) is 0 Å². The molecule has 6 nitrogen and oxygen atoms in total. The largest absolute Gasteiger partial charge is 0.494 e. The van der Waals surface area contributed by atoms with Crippen LogP contribution < -0.4 is 14.8 Å². The molecule has 1 saturated heterocycles. The summed E-state index contributed by atoms with van der Waals surface area (Å²) in [5.74, 6) is 0.953. The van der Waals surface area contributed by atoms with Crippen molar-refractivity contribution in [1.29, 1.82) is 0 Å². The minimum Gasteiger partial charge on any atom is -0.494 e. The van der Waals surface area contributed by atoms with Crippen molar-refractivity contribution in [2.45, 2.75) is 52.0 Å². The van der Waals surface area contributed by atoms with Crippen LogP contribution >= 0.6 is 0 Å². The maximum absolute atomic E-state index is 12.8. The van der Waals surface area contributed by atoms with E-state index in [4.69, 9.17) is 9.47 Å². The highest BCUT2D eigenvalue weighted by atomic mass is 16.5. The summed E-state index contributed by atoms with van der Waals surface area (Å²) >= 11 is 0. The van der Waals surface area contributed by atoms with Gasteiger partial charge in [-0.3, -0.25) is 9.59 Å². The minimum absolute atomic E-state index is 0.102. The van der Waals surface area contributed by atoms with E-state index in [1.165, 1.54) is 12.8 Å². The van der Waals surface area contributed by atoms with Crippen LogP contribution in [0.25, 0.3) is 0 Å². The van der Waals surface area contributed by atoms with E-state index in [9.17, 15) is 9.59 Å². The van der Waals surface area contributed by atoms with Gasteiger partial charge in [0, 0.05) is 25.1 Å². The molecule has 1 aromatic rings. The number of benzene rings is 1. The third-order valence-corrected chi connectivity index (χ3v) is 5.11. The fourth-order valence-electron chi connectivity index (χ4n) is 3.86. The average Bonchev–Trinajstić information content (AvgIpc) is 3.27. The number of likely N-dealkylation sites (tertiary alicyclic amines) is 1. The van der Waals surface area contributed by atoms with Gasteiger partial charge in [0.2, 0.25) is 11.8 Å². The van der Waals surface area contributed by atoms with Crippen LogP contribution in [-0.2, 0) is 9.59 Å². The van der Waals surface area contributed by atoms with E-state index >= 15 is 0 Å². The normalized spacial score (nSPS) is 20.5. The van der Waals surface area contributed by atoms with Crippen LogP contribution in [0.3, 0.4) is 0 Å². The molecule has 26 heavy (non-hydrogen) atoms. The van der Waals surface area contributed by atoms with Crippen molar-refractivity contribution in [3.63, 3.8) is 0 Å². The second-order valence-corrected chi connectivity index (χ2v) is 6.90. The molecule has 1 unspecified atom stereocenters. The summed E-state index contributed by atoms with van der Waals surface area (Å²) in [6.45, 7) is 5.39. The quantitative estimate of drug-likeness (QED) is 0.811. The zero-order chi connectivity index (χ0) is 18.5. The van der Waals surface area contributed by atoms with Crippen LogP contribution in [0.1, 0.15) is 46.0 Å². The molecule has 1 N–H and O–H groups in total. The fraction of sp³-hybridized carbons (Fsp3) is 0.600. The van der Waals surface area contributed by atoms with E-state index in [0.29, 0.717) is 43.0 Å². The maximum Gasteiger partial charge on any atom is 0.229 e. The number of anilines is 1. The predicted molar refractivity (Wildman–Crippen MR) is 99.5 cm³/mol. The highest BCUT2D eigenvalue weighted by Gasteiger charge is 2.38. The number of ether oxygens (including phenoxy) is 2. The van der Waals surface area contributed by atoms with Crippen molar-refractivity contribution in [2.75, 3.05) is 25.1 Å². The number of carbonyl (C=O) groups excluding carboxylic acids is 2. The molecule has 0 spiro atoms. The summed E-state index contributed by atoms with van der Waals surface area (Å²) < 4.78 is 11.1. The van der Waals surface area contributed by atoms with Crippen LogP contribution in [-0.4, -0.2) is 42.5 Å². The monoisotopic (exact) mass is 360 g/mol. The molecule has 1 aliphatic heterocycles.